The van der Waals surface area contributed by atoms with Crippen molar-refractivity contribution in [3.63, 3.8) is 0 Å². The first-order valence-corrected chi connectivity index (χ1v) is 7.00. The van der Waals surface area contributed by atoms with E-state index in [-0.39, 0.29) is 0 Å². The summed E-state index contributed by atoms with van der Waals surface area (Å²) in [5.74, 6) is 0.480. The van der Waals surface area contributed by atoms with Crippen molar-refractivity contribution in [1.29, 1.82) is 0 Å². The minimum absolute atomic E-state index is 0.480. The van der Waals surface area contributed by atoms with Crippen molar-refractivity contribution in [1.82, 2.24) is 0 Å². The zero-order chi connectivity index (χ0) is 14.8. The monoisotopic (exact) mass is 297 g/mol. The first-order valence-electron chi connectivity index (χ1n) is 6.02. The summed E-state index contributed by atoms with van der Waals surface area (Å²) in [5, 5.41) is 0. The van der Waals surface area contributed by atoms with Crippen LogP contribution in [-0.4, -0.2) is 0 Å². The SMILES string of the molecule is Cc1c(N)cccc1SCc1cccc(C(F)(F)F)c1. The molecule has 2 N–H and O–H groups in total. The van der Waals surface area contributed by atoms with Gasteiger partial charge in [-0.15, -0.1) is 11.8 Å². The number of benzene rings is 2. The Hall–Kier alpha value is -1.62. The molecule has 0 saturated carbocycles. The molecular formula is C15H14F3NS. The Morgan fingerprint density at radius 3 is 2.50 bits per heavy atom. The number of thioether (sulfide) groups is 1. The molecule has 0 unspecified atom stereocenters. The molecule has 0 aliphatic rings. The molecule has 0 radical (unpaired) electrons. The summed E-state index contributed by atoms with van der Waals surface area (Å²) in [7, 11) is 0. The van der Waals surface area contributed by atoms with Gasteiger partial charge in [0.05, 0.1) is 5.56 Å². The second kappa shape index (κ2) is 5.79. The minimum Gasteiger partial charge on any atom is -0.398 e. The van der Waals surface area contributed by atoms with E-state index in [0.717, 1.165) is 16.5 Å². The van der Waals surface area contributed by atoms with Gasteiger partial charge in [0.25, 0.3) is 0 Å². The fourth-order valence-electron chi connectivity index (χ4n) is 1.79. The molecule has 0 heterocycles. The maximum atomic E-state index is 12.6. The zero-order valence-electron chi connectivity index (χ0n) is 10.9. The number of halogens is 3. The number of nitrogens with two attached hydrogens (primary N) is 1. The molecular weight excluding hydrogens is 283 g/mol. The Bertz CT molecular complexity index is 608. The Morgan fingerprint density at radius 2 is 1.80 bits per heavy atom. The average Bonchev–Trinajstić information content (AvgIpc) is 2.40. The van der Waals surface area contributed by atoms with Gasteiger partial charge in [-0.25, -0.2) is 0 Å². The third-order valence-electron chi connectivity index (χ3n) is 2.97. The third kappa shape index (κ3) is 3.48. The van der Waals surface area contributed by atoms with Gasteiger partial charge in [-0.1, -0.05) is 24.3 Å². The van der Waals surface area contributed by atoms with Crippen molar-refractivity contribution in [3.8, 4) is 0 Å². The number of nitrogen functional groups attached to an aromatic ring is 1. The standard InChI is InChI=1S/C15H14F3NS/c1-10-13(19)6-3-7-14(10)20-9-11-4-2-5-12(8-11)15(16,17)18/h2-8H,9,19H2,1H3. The van der Waals surface area contributed by atoms with Crippen molar-refractivity contribution in [2.45, 2.75) is 23.7 Å². The molecule has 2 rings (SSSR count). The Balaban J connectivity index is 2.13. The van der Waals surface area contributed by atoms with Crippen molar-refractivity contribution in [3.05, 3.63) is 59.2 Å². The fraction of sp³-hybridized carbons (Fsp3) is 0.200. The highest BCUT2D eigenvalue weighted by Crippen LogP contribution is 2.32. The van der Waals surface area contributed by atoms with Crippen LogP contribution in [0.1, 0.15) is 16.7 Å². The highest BCUT2D eigenvalue weighted by atomic mass is 32.2. The Morgan fingerprint density at radius 1 is 1.10 bits per heavy atom. The number of hydrogen-bond acceptors (Lipinski definition) is 2. The van der Waals surface area contributed by atoms with Crippen LogP contribution in [0.25, 0.3) is 0 Å². The van der Waals surface area contributed by atoms with Crippen LogP contribution in [-0.2, 0) is 11.9 Å². The number of alkyl halides is 3. The molecule has 0 aromatic heterocycles. The van der Waals surface area contributed by atoms with Gasteiger partial charge in [-0.05, 0) is 36.2 Å². The van der Waals surface area contributed by atoms with E-state index in [9.17, 15) is 13.2 Å². The summed E-state index contributed by atoms with van der Waals surface area (Å²) >= 11 is 1.49. The molecule has 0 bridgehead atoms. The van der Waals surface area contributed by atoms with Gasteiger partial charge < -0.3 is 5.73 Å². The fourth-order valence-corrected chi connectivity index (χ4v) is 2.80. The Labute approximate surface area is 120 Å². The molecule has 1 nitrogen and oxygen atoms in total. The van der Waals surface area contributed by atoms with Crippen molar-refractivity contribution in [2.75, 3.05) is 5.73 Å². The van der Waals surface area contributed by atoms with E-state index in [1.54, 1.807) is 6.07 Å². The highest BCUT2D eigenvalue weighted by Gasteiger charge is 2.30. The van der Waals surface area contributed by atoms with Crippen LogP contribution in [0.5, 0.6) is 0 Å². The van der Waals surface area contributed by atoms with E-state index < -0.39 is 11.7 Å². The topological polar surface area (TPSA) is 26.0 Å². The van der Waals surface area contributed by atoms with E-state index in [0.29, 0.717) is 17.0 Å². The van der Waals surface area contributed by atoms with Gasteiger partial charge in [0.1, 0.15) is 0 Å². The predicted molar refractivity (Wildman–Crippen MR) is 76.6 cm³/mol. The maximum Gasteiger partial charge on any atom is 0.416 e. The smallest absolute Gasteiger partial charge is 0.398 e. The molecule has 0 aliphatic carbocycles. The second-order valence-corrected chi connectivity index (χ2v) is 5.47. The van der Waals surface area contributed by atoms with E-state index in [4.69, 9.17) is 5.73 Å². The molecule has 0 saturated heterocycles. The molecule has 0 aliphatic heterocycles. The second-order valence-electron chi connectivity index (χ2n) is 4.46. The van der Waals surface area contributed by atoms with Crippen molar-refractivity contribution >= 4 is 17.4 Å². The lowest BCUT2D eigenvalue weighted by Gasteiger charge is -2.10. The maximum absolute atomic E-state index is 12.6. The summed E-state index contributed by atoms with van der Waals surface area (Å²) in [5.41, 5.74) is 7.50. The molecule has 106 valence electrons. The van der Waals surface area contributed by atoms with Crippen LogP contribution in [0.15, 0.2) is 47.4 Å². The number of hydrogen-bond donors (Lipinski definition) is 1. The molecule has 20 heavy (non-hydrogen) atoms. The van der Waals surface area contributed by atoms with E-state index in [1.807, 2.05) is 25.1 Å². The summed E-state index contributed by atoms with van der Waals surface area (Å²) in [4.78, 5) is 0.988. The summed E-state index contributed by atoms with van der Waals surface area (Å²) in [6.07, 6.45) is -4.30. The lowest BCUT2D eigenvalue weighted by molar-refractivity contribution is -0.137. The van der Waals surface area contributed by atoms with Gasteiger partial charge in [0.15, 0.2) is 0 Å². The quantitative estimate of drug-likeness (QED) is 0.645. The van der Waals surface area contributed by atoms with Crippen LogP contribution in [0.2, 0.25) is 0 Å². The summed E-state index contributed by atoms with van der Waals surface area (Å²) in [6, 6.07) is 11.0. The highest BCUT2D eigenvalue weighted by molar-refractivity contribution is 7.98. The summed E-state index contributed by atoms with van der Waals surface area (Å²) in [6.45, 7) is 1.91. The molecule has 2 aromatic carbocycles. The third-order valence-corrected chi connectivity index (χ3v) is 4.21. The van der Waals surface area contributed by atoms with Crippen LogP contribution in [0, 0.1) is 6.92 Å². The van der Waals surface area contributed by atoms with Gasteiger partial charge in [-0.3, -0.25) is 0 Å². The number of anilines is 1. The van der Waals surface area contributed by atoms with Gasteiger partial charge in [0.2, 0.25) is 0 Å². The van der Waals surface area contributed by atoms with Crippen LogP contribution in [0.3, 0.4) is 0 Å². The first-order chi connectivity index (χ1) is 9.38. The number of rotatable bonds is 3. The van der Waals surface area contributed by atoms with Crippen LogP contribution in [0.4, 0.5) is 18.9 Å². The van der Waals surface area contributed by atoms with E-state index in [1.165, 1.54) is 23.9 Å². The molecule has 0 atom stereocenters. The lowest BCUT2D eigenvalue weighted by atomic mass is 10.1. The van der Waals surface area contributed by atoms with E-state index >= 15 is 0 Å². The van der Waals surface area contributed by atoms with Crippen molar-refractivity contribution < 1.29 is 13.2 Å². The van der Waals surface area contributed by atoms with Gasteiger partial charge >= 0.3 is 6.18 Å². The molecule has 0 spiro atoms. The van der Waals surface area contributed by atoms with E-state index in [2.05, 4.69) is 0 Å². The predicted octanol–water partition coefficient (Wildman–Crippen LogP) is 4.89. The summed E-state index contributed by atoms with van der Waals surface area (Å²) < 4.78 is 37.9. The van der Waals surface area contributed by atoms with Crippen molar-refractivity contribution in [2.24, 2.45) is 0 Å². The Kier molecular flexibility index (Phi) is 4.28. The molecule has 2 aromatic rings. The normalized spacial score (nSPS) is 11.6. The molecule has 5 heteroatoms. The van der Waals surface area contributed by atoms with Gasteiger partial charge in [-0.2, -0.15) is 13.2 Å². The molecule has 0 fully saturated rings. The average molecular weight is 297 g/mol. The lowest BCUT2D eigenvalue weighted by Crippen LogP contribution is -2.04. The largest absolute Gasteiger partial charge is 0.416 e. The van der Waals surface area contributed by atoms with Gasteiger partial charge in [0, 0.05) is 16.3 Å². The molecule has 0 amide bonds. The van der Waals surface area contributed by atoms with Crippen LogP contribution >= 0.6 is 11.8 Å². The zero-order valence-corrected chi connectivity index (χ0v) is 11.7. The first kappa shape index (κ1) is 14.8. The van der Waals surface area contributed by atoms with Crippen LogP contribution < -0.4 is 5.73 Å². The minimum atomic E-state index is -4.30.